The molecule has 5 rings (SSSR count). The normalized spacial score (nSPS) is 17.1. The van der Waals surface area contributed by atoms with Gasteiger partial charge in [-0.15, -0.1) is 0 Å². The van der Waals surface area contributed by atoms with Gasteiger partial charge in [-0.25, -0.2) is 4.79 Å². The fourth-order valence-corrected chi connectivity index (χ4v) is 7.99. The largest absolute Gasteiger partial charge is 0.493 e. The Morgan fingerprint density at radius 3 is 2.10 bits per heavy atom. The molecule has 3 aromatic carbocycles. The minimum Gasteiger partial charge on any atom is -0.493 e. The van der Waals surface area contributed by atoms with Crippen LogP contribution >= 0.6 is 0 Å². The van der Waals surface area contributed by atoms with Crippen LogP contribution in [0, 0.1) is 17.8 Å². The first-order chi connectivity index (χ1) is 28.8. The van der Waals surface area contributed by atoms with E-state index in [4.69, 9.17) is 9.47 Å². The van der Waals surface area contributed by atoms with E-state index in [0.29, 0.717) is 42.2 Å². The minimum absolute atomic E-state index is 0.00449. The van der Waals surface area contributed by atoms with Crippen molar-refractivity contribution in [3.63, 3.8) is 0 Å². The molecule has 0 bridgehead atoms. The van der Waals surface area contributed by atoms with Gasteiger partial charge in [-0.2, -0.15) is 0 Å². The third kappa shape index (κ3) is 14.5. The van der Waals surface area contributed by atoms with Crippen molar-refractivity contribution in [2.24, 2.45) is 17.8 Å². The molecule has 1 unspecified atom stereocenters. The Hall–Kier alpha value is -5.23. The van der Waals surface area contributed by atoms with Crippen LogP contribution in [0.15, 0.2) is 78.9 Å². The number of nitrogens with one attached hydrogen (secondary N) is 4. The van der Waals surface area contributed by atoms with E-state index >= 15 is 0 Å². The maximum atomic E-state index is 14.2. The molecule has 3 aromatic rings. The van der Waals surface area contributed by atoms with E-state index in [2.05, 4.69) is 21.3 Å². The second kappa shape index (κ2) is 23.0. The lowest BCUT2D eigenvalue weighted by Gasteiger charge is -2.32. The Balaban J connectivity index is 1.27. The number of carbonyl (C=O) groups is 5. The summed E-state index contributed by atoms with van der Waals surface area (Å²) in [4.78, 5) is 67.9. The lowest BCUT2D eigenvalue weighted by Crippen LogP contribution is -2.57. The van der Waals surface area contributed by atoms with E-state index in [1.807, 2.05) is 88.4 Å². The van der Waals surface area contributed by atoms with Gasteiger partial charge < -0.3 is 35.8 Å². The van der Waals surface area contributed by atoms with E-state index in [-0.39, 0.29) is 62.0 Å². The molecule has 1 heterocycles. The van der Waals surface area contributed by atoms with Crippen LogP contribution in [0.4, 0.5) is 0 Å². The molecule has 1 aliphatic carbocycles. The smallest absolute Gasteiger partial charge is 0.338 e. The fraction of sp³-hybridized carbons (Fsp3) is 0.521. The van der Waals surface area contributed by atoms with Gasteiger partial charge in [-0.05, 0) is 59.9 Å². The first kappa shape index (κ1) is 45.8. The van der Waals surface area contributed by atoms with Gasteiger partial charge in [0.1, 0.15) is 24.4 Å². The van der Waals surface area contributed by atoms with E-state index < -0.39 is 42.0 Å². The number of fused-ring (bicyclic) bond motifs is 1. The molecule has 0 radical (unpaired) electrons. The summed E-state index contributed by atoms with van der Waals surface area (Å²) < 4.78 is 11.4. The predicted molar refractivity (Wildman–Crippen MR) is 230 cm³/mol. The standard InChI is InChI=1S/C48H64N4O8/c1-31(2)22-40(46(56)51-39(23-33-14-8-5-9-15-33)42(53)27-44(54)49-28-32(3)4)52-47(57)41(24-34-16-10-6-11-17-34)50-45(55)26-37-30-59-43-21-20-36(25-38(37)43)48(58)60-29-35-18-12-7-13-19-35/h6-7,10-13,16-21,25,31-33,37,39-42,53H,5,8-9,14-15,22-24,26-30H2,1-4H3,(H,49,54)(H,50,55)(H,51,56)(H,52,57)/t37?,39-,40-,41-,42-/m0/s1. The van der Waals surface area contributed by atoms with Crippen molar-refractivity contribution in [1.29, 1.82) is 0 Å². The van der Waals surface area contributed by atoms with Crippen LogP contribution in [0.3, 0.4) is 0 Å². The lowest BCUT2D eigenvalue weighted by atomic mass is 9.83. The summed E-state index contributed by atoms with van der Waals surface area (Å²) in [5, 5.41) is 23.2. The van der Waals surface area contributed by atoms with Gasteiger partial charge >= 0.3 is 5.97 Å². The van der Waals surface area contributed by atoms with Crippen molar-refractivity contribution < 1.29 is 38.6 Å². The van der Waals surface area contributed by atoms with Gasteiger partial charge in [0, 0.05) is 30.9 Å². The number of amides is 4. The molecule has 1 fully saturated rings. The van der Waals surface area contributed by atoms with Crippen molar-refractivity contribution in [2.75, 3.05) is 13.2 Å². The topological polar surface area (TPSA) is 172 Å². The molecule has 5 atom stereocenters. The molecule has 5 N–H and O–H groups in total. The monoisotopic (exact) mass is 824 g/mol. The predicted octanol–water partition coefficient (Wildman–Crippen LogP) is 6.15. The summed E-state index contributed by atoms with van der Waals surface area (Å²) in [5.74, 6) is -1.32. The third-order valence-electron chi connectivity index (χ3n) is 11.3. The molecule has 2 aliphatic rings. The molecule has 12 heteroatoms. The average Bonchev–Trinajstić information content (AvgIpc) is 3.63. The SMILES string of the molecule is CC(C)CNC(=O)C[C@H](O)[C@H](CC1CCCCC1)NC(=O)[C@H](CC(C)C)NC(=O)[C@H](Cc1ccccc1)NC(=O)CC1COc2ccc(C(=O)OCc3ccccc3)cc21. The second-order valence-electron chi connectivity index (χ2n) is 17.4. The average molecular weight is 825 g/mol. The zero-order chi connectivity index (χ0) is 43.0. The van der Waals surface area contributed by atoms with E-state index in [1.54, 1.807) is 18.2 Å². The maximum absolute atomic E-state index is 14.2. The molecule has 1 saturated carbocycles. The Bertz CT molecular complexity index is 1860. The summed E-state index contributed by atoms with van der Waals surface area (Å²) >= 11 is 0. The summed E-state index contributed by atoms with van der Waals surface area (Å²) in [6.07, 6.45) is 5.08. The van der Waals surface area contributed by atoms with Crippen LogP contribution in [0.25, 0.3) is 0 Å². The van der Waals surface area contributed by atoms with Crippen LogP contribution < -0.4 is 26.0 Å². The molecule has 324 valence electrons. The molecule has 12 nitrogen and oxygen atoms in total. The first-order valence-electron chi connectivity index (χ1n) is 21.7. The van der Waals surface area contributed by atoms with E-state index in [1.165, 1.54) is 0 Å². The van der Waals surface area contributed by atoms with Crippen LogP contribution in [-0.4, -0.2) is 72.1 Å². The summed E-state index contributed by atoms with van der Waals surface area (Å²) in [6.45, 7) is 8.75. The first-order valence-corrected chi connectivity index (χ1v) is 21.7. The Kier molecular flexibility index (Phi) is 17.5. The molecule has 0 spiro atoms. The lowest BCUT2D eigenvalue weighted by molar-refractivity contribution is -0.133. The molecule has 60 heavy (non-hydrogen) atoms. The van der Waals surface area contributed by atoms with Gasteiger partial charge in [0.25, 0.3) is 0 Å². The number of hydrogen-bond donors (Lipinski definition) is 5. The number of esters is 1. The minimum atomic E-state index is -1.11. The highest BCUT2D eigenvalue weighted by Gasteiger charge is 2.34. The number of aliphatic hydroxyl groups is 1. The Morgan fingerprint density at radius 1 is 0.767 bits per heavy atom. The highest BCUT2D eigenvalue weighted by molar-refractivity contribution is 5.93. The molecule has 1 aliphatic heterocycles. The van der Waals surface area contributed by atoms with Crippen LogP contribution in [0.5, 0.6) is 5.75 Å². The van der Waals surface area contributed by atoms with Crippen molar-refractivity contribution in [3.05, 3.63) is 101 Å². The van der Waals surface area contributed by atoms with E-state index in [9.17, 15) is 29.1 Å². The fourth-order valence-electron chi connectivity index (χ4n) is 7.99. The zero-order valence-corrected chi connectivity index (χ0v) is 35.6. The van der Waals surface area contributed by atoms with Gasteiger partial charge in [-0.1, -0.05) is 120 Å². The summed E-state index contributed by atoms with van der Waals surface area (Å²) in [7, 11) is 0. The number of benzene rings is 3. The number of aliphatic hydroxyl groups excluding tert-OH is 1. The quantitative estimate of drug-likeness (QED) is 0.0797. The van der Waals surface area contributed by atoms with Crippen LogP contribution in [-0.2, 0) is 36.9 Å². The number of carbonyl (C=O) groups excluding carboxylic acids is 5. The summed E-state index contributed by atoms with van der Waals surface area (Å²) in [5.41, 5.74) is 2.74. The molecule has 0 saturated heterocycles. The van der Waals surface area contributed by atoms with Crippen molar-refractivity contribution in [3.8, 4) is 5.75 Å². The molecular weight excluding hydrogens is 761 g/mol. The van der Waals surface area contributed by atoms with Gasteiger partial charge in [-0.3, -0.25) is 19.2 Å². The maximum Gasteiger partial charge on any atom is 0.338 e. The Labute approximate surface area is 355 Å². The van der Waals surface area contributed by atoms with Gasteiger partial charge in [0.2, 0.25) is 23.6 Å². The van der Waals surface area contributed by atoms with Crippen LogP contribution in [0.2, 0.25) is 0 Å². The second-order valence-corrected chi connectivity index (χ2v) is 17.4. The number of rotatable bonds is 21. The third-order valence-corrected chi connectivity index (χ3v) is 11.3. The zero-order valence-electron chi connectivity index (χ0n) is 35.6. The van der Waals surface area contributed by atoms with Crippen molar-refractivity contribution in [2.45, 2.75) is 129 Å². The Morgan fingerprint density at radius 2 is 1.43 bits per heavy atom. The van der Waals surface area contributed by atoms with Crippen LogP contribution in [0.1, 0.15) is 118 Å². The molecule has 0 aromatic heterocycles. The number of hydrogen-bond acceptors (Lipinski definition) is 8. The van der Waals surface area contributed by atoms with E-state index in [0.717, 1.165) is 43.2 Å². The van der Waals surface area contributed by atoms with Crippen molar-refractivity contribution in [1.82, 2.24) is 21.3 Å². The molecule has 4 amide bonds. The highest BCUT2D eigenvalue weighted by atomic mass is 16.5. The summed E-state index contributed by atoms with van der Waals surface area (Å²) in [6, 6.07) is 21.1. The van der Waals surface area contributed by atoms with Gasteiger partial charge in [0.05, 0.1) is 30.7 Å². The highest BCUT2D eigenvalue weighted by Crippen LogP contribution is 2.37. The molecular formula is C48H64N4O8. The van der Waals surface area contributed by atoms with Crippen molar-refractivity contribution >= 4 is 29.6 Å². The van der Waals surface area contributed by atoms with Gasteiger partial charge in [0.15, 0.2) is 0 Å². The number of ether oxygens (including phenoxy) is 2.